The Morgan fingerprint density at radius 2 is 1.05 bits per heavy atom. The average molecular weight is 535 g/mol. The molecule has 0 bridgehead atoms. The van der Waals surface area contributed by atoms with E-state index in [1.165, 1.54) is 9.80 Å². The third-order valence-electron chi connectivity index (χ3n) is 7.88. The molecule has 0 aromatic carbocycles. The lowest BCUT2D eigenvalue weighted by Gasteiger charge is -2.52. The number of carbonyl (C=O) groups excluding carboxylic acids is 4. The third kappa shape index (κ3) is 8.57. The number of hydrogen-bond donors (Lipinski definition) is 2. The monoisotopic (exact) mass is 534 g/mol. The number of amides is 4. The zero-order chi connectivity index (χ0) is 28.8. The number of unbranched alkanes of at least 4 members (excludes halogenated alkanes) is 1. The van der Waals surface area contributed by atoms with E-state index in [-0.39, 0.29) is 59.0 Å². The summed E-state index contributed by atoms with van der Waals surface area (Å²) in [4.78, 5) is 58.2. The molecule has 4 amide bonds. The number of aliphatic imine (C=N–C) groups is 2. The number of urea groups is 2. The minimum atomic E-state index is -0.301. The van der Waals surface area contributed by atoms with E-state index in [0.29, 0.717) is 25.9 Å². The standard InChI is InChI=1S/C24H36N4O4.C4H10O2/c1-21(2)7-17(25-15-29)9-23(5,11-21)13-27-19(31)28(20(27)32)14-24(6)10-18(26-16-30)8-22(3,4)12-24;5-3-1-2-4-6/h17-18H,7-14H2,1-6H3;5-6H,1-4H2. The van der Waals surface area contributed by atoms with Gasteiger partial charge < -0.3 is 10.2 Å². The first-order valence-electron chi connectivity index (χ1n) is 13.6. The van der Waals surface area contributed by atoms with Gasteiger partial charge in [-0.3, -0.25) is 0 Å². The molecule has 0 aromatic rings. The fourth-order valence-corrected chi connectivity index (χ4v) is 7.40. The highest BCUT2D eigenvalue weighted by atomic mass is 16.3. The molecular weight excluding hydrogens is 488 g/mol. The molecule has 4 atom stereocenters. The summed E-state index contributed by atoms with van der Waals surface area (Å²) in [7, 11) is 0. The second-order valence-electron chi connectivity index (χ2n) is 13.8. The molecule has 10 heteroatoms. The summed E-state index contributed by atoms with van der Waals surface area (Å²) in [5, 5.41) is 16.2. The van der Waals surface area contributed by atoms with E-state index in [1.54, 1.807) is 12.2 Å². The second-order valence-corrected chi connectivity index (χ2v) is 13.8. The summed E-state index contributed by atoms with van der Waals surface area (Å²) in [5.74, 6) is 0. The molecule has 214 valence electrons. The molecule has 4 unspecified atom stereocenters. The van der Waals surface area contributed by atoms with Crippen LogP contribution in [0, 0.1) is 21.7 Å². The summed E-state index contributed by atoms with van der Waals surface area (Å²) < 4.78 is 0. The Morgan fingerprint density at radius 1 is 0.711 bits per heavy atom. The summed E-state index contributed by atoms with van der Waals surface area (Å²) in [5.41, 5.74) is -0.677. The first-order valence-corrected chi connectivity index (χ1v) is 13.6. The first-order chi connectivity index (χ1) is 17.6. The van der Waals surface area contributed by atoms with Crippen molar-refractivity contribution in [1.29, 1.82) is 0 Å². The van der Waals surface area contributed by atoms with Crippen molar-refractivity contribution in [3.8, 4) is 0 Å². The number of imide groups is 2. The molecule has 1 aliphatic heterocycles. The van der Waals surface area contributed by atoms with Crippen molar-refractivity contribution < 1.29 is 29.4 Å². The largest absolute Gasteiger partial charge is 0.396 e. The van der Waals surface area contributed by atoms with Crippen molar-refractivity contribution in [2.24, 2.45) is 31.6 Å². The lowest BCUT2D eigenvalue weighted by atomic mass is 9.62. The molecule has 2 aliphatic carbocycles. The van der Waals surface area contributed by atoms with Gasteiger partial charge in [0.1, 0.15) is 0 Å². The van der Waals surface area contributed by atoms with Crippen molar-refractivity contribution >= 4 is 24.2 Å². The number of rotatable bonds is 9. The van der Waals surface area contributed by atoms with Gasteiger partial charge in [0.25, 0.3) is 0 Å². The van der Waals surface area contributed by atoms with E-state index in [1.807, 2.05) is 0 Å². The van der Waals surface area contributed by atoms with Gasteiger partial charge in [-0.05, 0) is 73.0 Å². The highest BCUT2D eigenvalue weighted by Crippen LogP contribution is 2.50. The molecular formula is C28H46N4O6. The molecule has 10 nitrogen and oxygen atoms in total. The van der Waals surface area contributed by atoms with E-state index < -0.39 is 0 Å². The Labute approximate surface area is 226 Å². The lowest BCUT2D eigenvalue weighted by Crippen LogP contribution is -2.68. The van der Waals surface area contributed by atoms with Gasteiger partial charge >= 0.3 is 12.1 Å². The van der Waals surface area contributed by atoms with Gasteiger partial charge in [0.15, 0.2) is 0 Å². The predicted octanol–water partition coefficient (Wildman–Crippen LogP) is 4.44. The van der Waals surface area contributed by atoms with Crippen LogP contribution in [0.3, 0.4) is 0 Å². The van der Waals surface area contributed by atoms with Crippen molar-refractivity contribution in [2.75, 3.05) is 26.3 Å². The SMILES string of the molecule is CC1(C)CC(N=C=O)CC(C)(CN2C(=O)N(CC3(C)CC(N=C=O)CC(C)(C)C3)C2=O)C1.OCCCCO. The summed E-state index contributed by atoms with van der Waals surface area (Å²) in [6.07, 6.45) is 9.38. The molecule has 38 heavy (non-hydrogen) atoms. The van der Waals surface area contributed by atoms with Crippen molar-refractivity contribution in [1.82, 2.24) is 9.80 Å². The summed E-state index contributed by atoms with van der Waals surface area (Å²) in [6, 6.07) is -0.810. The van der Waals surface area contributed by atoms with Gasteiger partial charge in [-0.25, -0.2) is 39.0 Å². The minimum Gasteiger partial charge on any atom is -0.396 e. The van der Waals surface area contributed by atoms with E-state index in [9.17, 15) is 19.2 Å². The van der Waals surface area contributed by atoms with Crippen molar-refractivity contribution in [3.63, 3.8) is 0 Å². The zero-order valence-electron chi connectivity index (χ0n) is 24.0. The van der Waals surface area contributed by atoms with Crippen LogP contribution in [0.15, 0.2) is 9.98 Å². The van der Waals surface area contributed by atoms with E-state index in [0.717, 1.165) is 38.5 Å². The number of hydrogen-bond acceptors (Lipinski definition) is 8. The van der Waals surface area contributed by atoms with Gasteiger partial charge in [0.05, 0.1) is 12.1 Å². The number of aliphatic hydroxyl groups is 2. The molecule has 2 saturated carbocycles. The Morgan fingerprint density at radius 3 is 1.34 bits per heavy atom. The molecule has 1 saturated heterocycles. The fourth-order valence-electron chi connectivity index (χ4n) is 7.40. The number of nitrogens with zero attached hydrogens (tertiary/aromatic N) is 4. The van der Waals surface area contributed by atoms with Crippen LogP contribution >= 0.6 is 0 Å². The van der Waals surface area contributed by atoms with Crippen LogP contribution in [0.1, 0.15) is 92.9 Å². The summed E-state index contributed by atoms with van der Waals surface area (Å²) >= 11 is 0. The van der Waals surface area contributed by atoms with Gasteiger partial charge in [-0.1, -0.05) is 41.5 Å². The maximum absolute atomic E-state index is 13.0. The van der Waals surface area contributed by atoms with Gasteiger partial charge in [-0.15, -0.1) is 0 Å². The van der Waals surface area contributed by atoms with Crippen LogP contribution in [-0.4, -0.2) is 82.6 Å². The Hall–Kier alpha value is -2.38. The fraction of sp³-hybridized carbons (Fsp3) is 0.857. The molecule has 3 aliphatic rings. The molecule has 0 aromatic heterocycles. The van der Waals surface area contributed by atoms with E-state index in [4.69, 9.17) is 10.2 Å². The predicted molar refractivity (Wildman–Crippen MR) is 143 cm³/mol. The minimum absolute atomic E-state index is 0.0378. The third-order valence-corrected chi connectivity index (χ3v) is 7.88. The normalized spacial score (nSPS) is 31.8. The van der Waals surface area contributed by atoms with Crippen molar-refractivity contribution in [2.45, 2.75) is 105 Å². The maximum Gasteiger partial charge on any atom is 0.336 e. The van der Waals surface area contributed by atoms with Crippen LogP contribution in [-0.2, 0) is 9.59 Å². The van der Waals surface area contributed by atoms with Crippen LogP contribution in [0.4, 0.5) is 9.59 Å². The van der Waals surface area contributed by atoms with Gasteiger partial charge in [-0.2, -0.15) is 0 Å². The van der Waals surface area contributed by atoms with Crippen molar-refractivity contribution in [3.05, 3.63) is 0 Å². The Bertz CT molecular complexity index is 867. The van der Waals surface area contributed by atoms with E-state index in [2.05, 4.69) is 51.5 Å². The Balaban J connectivity index is 0.000000757. The quantitative estimate of drug-likeness (QED) is 0.255. The van der Waals surface area contributed by atoms with Crippen LogP contribution in [0.2, 0.25) is 0 Å². The van der Waals surface area contributed by atoms with Crippen LogP contribution in [0.5, 0.6) is 0 Å². The van der Waals surface area contributed by atoms with Crippen LogP contribution < -0.4 is 0 Å². The zero-order valence-corrected chi connectivity index (χ0v) is 24.0. The topological polar surface area (TPSA) is 140 Å². The highest BCUT2D eigenvalue weighted by Gasteiger charge is 2.52. The maximum atomic E-state index is 13.0. The first kappa shape index (κ1) is 31.8. The van der Waals surface area contributed by atoms with E-state index >= 15 is 0 Å². The molecule has 3 rings (SSSR count). The molecule has 3 fully saturated rings. The van der Waals surface area contributed by atoms with Gasteiger partial charge in [0, 0.05) is 26.3 Å². The number of carbonyl (C=O) groups is 2. The lowest BCUT2D eigenvalue weighted by molar-refractivity contribution is 0.0159. The second kappa shape index (κ2) is 12.6. The Kier molecular flexibility index (Phi) is 10.6. The number of isocyanates is 2. The molecule has 0 radical (unpaired) electrons. The van der Waals surface area contributed by atoms with Crippen LogP contribution in [0.25, 0.3) is 0 Å². The molecule has 2 N–H and O–H groups in total. The van der Waals surface area contributed by atoms with Gasteiger partial charge in [0.2, 0.25) is 12.2 Å². The number of aliphatic hydroxyl groups excluding tert-OH is 2. The molecule has 1 heterocycles. The average Bonchev–Trinajstić information content (AvgIpc) is 2.78. The summed E-state index contributed by atoms with van der Waals surface area (Å²) in [6.45, 7) is 13.7. The smallest absolute Gasteiger partial charge is 0.336 e. The highest BCUT2D eigenvalue weighted by molar-refractivity contribution is 6.11. The molecule has 0 spiro atoms.